The number of nitrogens with zero attached hydrogens (tertiary/aromatic N) is 6. The minimum absolute atomic E-state index is 0.0531. The second-order valence-electron chi connectivity index (χ2n) is 7.86. The van der Waals surface area contributed by atoms with Crippen molar-refractivity contribution in [2.75, 3.05) is 26.1 Å². The van der Waals surface area contributed by atoms with Gasteiger partial charge in [0.2, 0.25) is 21.9 Å². The van der Waals surface area contributed by atoms with Crippen molar-refractivity contribution < 1.29 is 27.0 Å². The van der Waals surface area contributed by atoms with Crippen LogP contribution in [0.5, 0.6) is 17.4 Å². The molecule has 2 heterocycles. The maximum Gasteiger partial charge on any atom is 0.243 e. The van der Waals surface area contributed by atoms with Crippen LogP contribution in [0, 0.1) is 0 Å². The molecule has 12 nitrogen and oxygen atoms in total. The number of aliphatic imine (C=N–C) groups is 2. The third-order valence-electron chi connectivity index (χ3n) is 5.30. The number of nitrogens with one attached hydrogen (secondary N) is 1. The molecule has 0 aliphatic heterocycles. The molecule has 0 fully saturated rings. The number of amidine groups is 1. The van der Waals surface area contributed by atoms with Crippen LogP contribution in [0.3, 0.4) is 0 Å². The molecule has 0 bridgehead atoms. The van der Waals surface area contributed by atoms with E-state index < -0.39 is 21.1 Å². The van der Waals surface area contributed by atoms with Crippen molar-refractivity contribution in [3.63, 3.8) is 0 Å². The molecule has 0 aliphatic rings. The lowest BCUT2D eigenvalue weighted by Gasteiger charge is -2.19. The Morgan fingerprint density at radius 2 is 1.87 bits per heavy atom. The maximum atomic E-state index is 13.3. The summed E-state index contributed by atoms with van der Waals surface area (Å²) in [6.07, 6.45) is 2.33. The Labute approximate surface area is 220 Å². The fourth-order valence-electron chi connectivity index (χ4n) is 3.38. The summed E-state index contributed by atoms with van der Waals surface area (Å²) in [4.78, 5) is 11.7. The number of ether oxygens (including phenoxy) is 3. The molecular weight excluding hydrogens is 517 g/mol. The Hall–Kier alpha value is -4.33. The van der Waals surface area contributed by atoms with Gasteiger partial charge in [0, 0.05) is 24.2 Å². The largest absolute Gasteiger partial charge is 0.494 e. The monoisotopic (exact) mass is 545 g/mol. The molecule has 0 saturated heterocycles. The van der Waals surface area contributed by atoms with E-state index in [9.17, 15) is 12.8 Å². The van der Waals surface area contributed by atoms with Crippen molar-refractivity contribution in [1.82, 2.24) is 19.7 Å². The van der Waals surface area contributed by atoms with Gasteiger partial charge in [-0.05, 0) is 38.8 Å². The number of allylic oxidation sites excluding steroid dienone is 1. The second kappa shape index (κ2) is 12.3. The van der Waals surface area contributed by atoms with E-state index in [4.69, 9.17) is 14.2 Å². The SMILES string of the molecule is C=NC(C[C@@H](C)S(=O)(=O)Nc1nnc(-c2ccnc(OC)c2)n1-c1c(OC)cccc1OC)=N/C=C(\C)F. The number of rotatable bonds is 11. The van der Waals surface area contributed by atoms with Crippen LogP contribution in [0.4, 0.5) is 10.3 Å². The average Bonchev–Trinajstić information content (AvgIpc) is 3.32. The molecule has 2 aromatic heterocycles. The van der Waals surface area contributed by atoms with Crippen LogP contribution < -0.4 is 18.9 Å². The molecule has 0 radical (unpaired) electrons. The molecular formula is C24H28FN7O5S. The van der Waals surface area contributed by atoms with Gasteiger partial charge in [-0.3, -0.25) is 9.29 Å². The molecule has 0 aliphatic carbocycles. The van der Waals surface area contributed by atoms with Crippen molar-refractivity contribution in [3.05, 3.63) is 48.6 Å². The third kappa shape index (κ3) is 6.32. The van der Waals surface area contributed by atoms with E-state index >= 15 is 0 Å². The molecule has 3 aromatic rings. The Balaban J connectivity index is 2.15. The lowest BCUT2D eigenvalue weighted by Crippen LogP contribution is -2.28. The van der Waals surface area contributed by atoms with E-state index in [1.54, 1.807) is 30.3 Å². The second-order valence-corrected chi connectivity index (χ2v) is 9.96. The number of anilines is 1. The van der Waals surface area contributed by atoms with Gasteiger partial charge in [0.15, 0.2) is 5.82 Å². The smallest absolute Gasteiger partial charge is 0.243 e. The van der Waals surface area contributed by atoms with Crippen molar-refractivity contribution in [3.8, 4) is 34.5 Å². The molecule has 3 rings (SSSR count). The number of hydrogen-bond acceptors (Lipinski definition) is 9. The maximum absolute atomic E-state index is 13.3. The standard InChI is InChI=1S/C24H28FN7O5S/c1-15(25)14-28-20(26-3)12-16(2)38(33,34)31-24-30-29-23(17-10-11-27-21(13-17)37-6)32(24)22-18(35-4)8-7-9-19(22)36-5/h7-11,13-14,16H,3,12H2,1-2,4-6H3,(H,30,31)/b15-14+,28-20?/t16-/m1/s1. The summed E-state index contributed by atoms with van der Waals surface area (Å²) in [6.45, 7) is 6.05. The summed E-state index contributed by atoms with van der Waals surface area (Å²) in [7, 11) is 0.335. The van der Waals surface area contributed by atoms with Crippen molar-refractivity contribution >= 4 is 28.5 Å². The molecule has 14 heteroatoms. The predicted molar refractivity (Wildman–Crippen MR) is 143 cm³/mol. The summed E-state index contributed by atoms with van der Waals surface area (Å²) in [5.41, 5.74) is 0.895. The number of halogens is 1. The number of hydrogen-bond donors (Lipinski definition) is 1. The highest BCUT2D eigenvalue weighted by Gasteiger charge is 2.28. The van der Waals surface area contributed by atoms with Crippen LogP contribution in [0.15, 0.2) is 58.5 Å². The highest BCUT2D eigenvalue weighted by molar-refractivity contribution is 7.93. The summed E-state index contributed by atoms with van der Waals surface area (Å²) < 4.78 is 60.1. The zero-order valence-corrected chi connectivity index (χ0v) is 22.4. The van der Waals surface area contributed by atoms with Gasteiger partial charge in [-0.1, -0.05) is 6.07 Å². The third-order valence-corrected chi connectivity index (χ3v) is 6.99. The van der Waals surface area contributed by atoms with Gasteiger partial charge >= 0.3 is 0 Å². The number of methoxy groups -OCH3 is 3. The van der Waals surface area contributed by atoms with Crippen LogP contribution in [-0.4, -0.2) is 67.3 Å². The Kier molecular flexibility index (Phi) is 9.12. The average molecular weight is 546 g/mol. The molecule has 1 N–H and O–H groups in total. The molecule has 202 valence electrons. The highest BCUT2D eigenvalue weighted by Crippen LogP contribution is 2.38. The molecule has 1 aromatic carbocycles. The number of sulfonamides is 1. The predicted octanol–water partition coefficient (Wildman–Crippen LogP) is 3.81. The van der Waals surface area contributed by atoms with E-state index in [1.807, 2.05) is 0 Å². The van der Waals surface area contributed by atoms with Crippen molar-refractivity contribution in [2.24, 2.45) is 9.98 Å². The van der Waals surface area contributed by atoms with Crippen molar-refractivity contribution in [1.29, 1.82) is 0 Å². The first kappa shape index (κ1) is 28.2. The van der Waals surface area contributed by atoms with Gasteiger partial charge < -0.3 is 14.2 Å². The topological polar surface area (TPSA) is 142 Å². The lowest BCUT2D eigenvalue weighted by atomic mass is 10.2. The fraction of sp³-hybridized carbons (Fsp3) is 0.292. The molecule has 1 atom stereocenters. The van der Waals surface area contributed by atoms with Gasteiger partial charge in [0.05, 0.1) is 32.8 Å². The summed E-state index contributed by atoms with van der Waals surface area (Å²) in [5.74, 6) is 0.696. The molecule has 0 unspecified atom stereocenters. The van der Waals surface area contributed by atoms with E-state index in [0.29, 0.717) is 28.6 Å². The first-order valence-corrected chi connectivity index (χ1v) is 12.7. The van der Waals surface area contributed by atoms with Crippen LogP contribution >= 0.6 is 0 Å². The van der Waals surface area contributed by atoms with Gasteiger partial charge in [-0.2, -0.15) is 0 Å². The number of benzene rings is 1. The first-order chi connectivity index (χ1) is 18.1. The van der Waals surface area contributed by atoms with E-state index in [1.165, 1.54) is 45.9 Å². The summed E-state index contributed by atoms with van der Waals surface area (Å²) >= 11 is 0. The summed E-state index contributed by atoms with van der Waals surface area (Å²) in [5, 5.41) is 7.33. The van der Waals surface area contributed by atoms with Crippen LogP contribution in [0.1, 0.15) is 20.3 Å². The minimum Gasteiger partial charge on any atom is -0.494 e. The molecule has 0 spiro atoms. The lowest BCUT2D eigenvalue weighted by molar-refractivity contribution is 0.391. The molecule has 38 heavy (non-hydrogen) atoms. The van der Waals surface area contributed by atoms with E-state index in [0.717, 1.165) is 6.20 Å². The Morgan fingerprint density at radius 1 is 1.18 bits per heavy atom. The van der Waals surface area contributed by atoms with Gasteiger partial charge in [-0.25, -0.2) is 27.8 Å². The van der Waals surface area contributed by atoms with Gasteiger partial charge in [0.25, 0.3) is 0 Å². The Morgan fingerprint density at radius 3 is 2.45 bits per heavy atom. The van der Waals surface area contributed by atoms with E-state index in [2.05, 4.69) is 36.6 Å². The van der Waals surface area contributed by atoms with Gasteiger partial charge in [0.1, 0.15) is 28.8 Å². The van der Waals surface area contributed by atoms with Crippen LogP contribution in [-0.2, 0) is 10.0 Å². The quantitative estimate of drug-likeness (QED) is 0.283. The normalized spacial score (nSPS) is 13.1. The van der Waals surface area contributed by atoms with Gasteiger partial charge in [-0.15, -0.1) is 10.2 Å². The first-order valence-electron chi connectivity index (χ1n) is 11.2. The molecule has 0 amide bonds. The zero-order chi connectivity index (χ0) is 27.9. The number of para-hydroxylation sites is 1. The fourth-order valence-corrected chi connectivity index (χ4v) is 4.33. The number of pyridine rings is 1. The number of aromatic nitrogens is 4. The van der Waals surface area contributed by atoms with Crippen molar-refractivity contribution in [2.45, 2.75) is 25.5 Å². The summed E-state index contributed by atoms with van der Waals surface area (Å²) in [6, 6.07) is 8.40. The highest BCUT2D eigenvalue weighted by atomic mass is 32.2. The molecule has 0 saturated carbocycles. The zero-order valence-electron chi connectivity index (χ0n) is 21.5. The van der Waals surface area contributed by atoms with E-state index in [-0.39, 0.29) is 24.0 Å². The van der Waals surface area contributed by atoms with Crippen LogP contribution in [0.2, 0.25) is 0 Å². The Bertz CT molecular complexity index is 1440. The van der Waals surface area contributed by atoms with Crippen LogP contribution in [0.25, 0.3) is 17.1 Å². The minimum atomic E-state index is -4.08.